The number of benzene rings is 1. The summed E-state index contributed by atoms with van der Waals surface area (Å²) in [4.78, 5) is 14.4. The number of hydrogen-bond donors (Lipinski definition) is 1. The normalized spacial score (nSPS) is 11.1. The second-order valence-electron chi connectivity index (χ2n) is 5.40. The van der Waals surface area contributed by atoms with Crippen molar-refractivity contribution in [1.29, 1.82) is 0 Å². The summed E-state index contributed by atoms with van der Waals surface area (Å²) >= 11 is 14.3. The summed E-state index contributed by atoms with van der Waals surface area (Å²) in [6.45, 7) is 1.18. The maximum Gasteiger partial charge on any atom is 0.165 e. The lowest BCUT2D eigenvalue weighted by Gasteiger charge is -2.15. The zero-order chi connectivity index (χ0) is 17.2. The van der Waals surface area contributed by atoms with Gasteiger partial charge in [-0.3, -0.25) is 0 Å². The third kappa shape index (κ3) is 3.33. The van der Waals surface area contributed by atoms with E-state index in [1.54, 1.807) is 17.7 Å². The highest BCUT2D eigenvalue weighted by atomic mass is 35.5. The Labute approximate surface area is 158 Å². The fraction of sp³-hybridized carbons (Fsp3) is 0.118. The van der Waals surface area contributed by atoms with Gasteiger partial charge < -0.3 is 9.88 Å². The predicted molar refractivity (Wildman–Crippen MR) is 102 cm³/mol. The molecule has 0 saturated carbocycles. The molecule has 0 unspecified atom stereocenters. The topological polar surface area (TPSA) is 55.6 Å². The van der Waals surface area contributed by atoms with Gasteiger partial charge in [-0.2, -0.15) is 0 Å². The Morgan fingerprint density at radius 1 is 1.04 bits per heavy atom. The predicted octanol–water partition coefficient (Wildman–Crippen LogP) is 4.81. The quantitative estimate of drug-likeness (QED) is 0.532. The molecule has 8 heteroatoms. The molecule has 126 valence electrons. The highest BCUT2D eigenvalue weighted by Crippen LogP contribution is 2.29. The van der Waals surface area contributed by atoms with Crippen molar-refractivity contribution in [2.75, 3.05) is 5.32 Å². The van der Waals surface area contributed by atoms with E-state index >= 15 is 0 Å². The van der Waals surface area contributed by atoms with Crippen molar-refractivity contribution in [2.24, 2.45) is 0 Å². The number of thiophene rings is 1. The van der Waals surface area contributed by atoms with E-state index in [0.717, 1.165) is 17.1 Å². The van der Waals surface area contributed by atoms with E-state index in [0.29, 0.717) is 29.0 Å². The molecule has 1 N–H and O–H groups in total. The van der Waals surface area contributed by atoms with Gasteiger partial charge in [0.1, 0.15) is 6.33 Å². The van der Waals surface area contributed by atoms with Crippen molar-refractivity contribution in [3.63, 3.8) is 0 Å². The van der Waals surface area contributed by atoms with Crippen molar-refractivity contribution >= 4 is 40.4 Å². The number of hydrogen-bond acceptors (Lipinski definition) is 5. The summed E-state index contributed by atoms with van der Waals surface area (Å²) in [7, 11) is 0. The van der Waals surface area contributed by atoms with E-state index in [1.165, 1.54) is 11.2 Å². The fourth-order valence-corrected chi connectivity index (χ4v) is 3.72. The number of anilines is 1. The number of aromatic nitrogens is 4. The molecule has 2 aliphatic heterocycles. The molecular weight excluding hydrogens is 377 g/mol. The third-order valence-electron chi connectivity index (χ3n) is 3.80. The number of halogens is 2. The van der Waals surface area contributed by atoms with Gasteiger partial charge in [0, 0.05) is 20.5 Å². The molecule has 25 heavy (non-hydrogen) atoms. The SMILES string of the molecule is Clc1cccc(Cl)c1Cn1cnc(NCc2cccs2)c2ncnc1-2. The van der Waals surface area contributed by atoms with E-state index in [-0.39, 0.29) is 0 Å². The average molecular weight is 390 g/mol. The van der Waals surface area contributed by atoms with Gasteiger partial charge in [-0.05, 0) is 23.6 Å². The van der Waals surface area contributed by atoms with Crippen LogP contribution >= 0.6 is 34.5 Å². The molecule has 0 spiro atoms. The Morgan fingerprint density at radius 2 is 1.88 bits per heavy atom. The van der Waals surface area contributed by atoms with Crippen LogP contribution in [0.1, 0.15) is 10.4 Å². The minimum Gasteiger partial charge on any atom is -0.363 e. The van der Waals surface area contributed by atoms with Gasteiger partial charge in [-0.1, -0.05) is 35.3 Å². The minimum absolute atomic E-state index is 0.478. The lowest BCUT2D eigenvalue weighted by atomic mass is 10.2. The first kappa shape index (κ1) is 16.3. The summed E-state index contributed by atoms with van der Waals surface area (Å²) in [6, 6.07) is 9.57. The summed E-state index contributed by atoms with van der Waals surface area (Å²) in [5.74, 6) is 1.45. The average Bonchev–Trinajstić information content (AvgIpc) is 3.28. The van der Waals surface area contributed by atoms with Crippen LogP contribution in [-0.2, 0) is 13.1 Å². The van der Waals surface area contributed by atoms with Crippen LogP contribution in [0.25, 0.3) is 11.5 Å². The van der Waals surface area contributed by atoms with Gasteiger partial charge in [0.2, 0.25) is 0 Å². The lowest BCUT2D eigenvalue weighted by molar-refractivity contribution is 0.761. The van der Waals surface area contributed by atoms with Gasteiger partial charge in [-0.25, -0.2) is 15.0 Å². The highest BCUT2D eigenvalue weighted by molar-refractivity contribution is 7.09. The van der Waals surface area contributed by atoms with Crippen LogP contribution in [0.3, 0.4) is 0 Å². The summed E-state index contributed by atoms with van der Waals surface area (Å²) in [5, 5.41) is 6.61. The van der Waals surface area contributed by atoms with Crippen LogP contribution in [-0.4, -0.2) is 19.5 Å². The largest absolute Gasteiger partial charge is 0.363 e. The molecule has 5 nitrogen and oxygen atoms in total. The van der Waals surface area contributed by atoms with Crippen molar-refractivity contribution in [3.05, 3.63) is 68.9 Å². The molecule has 0 fully saturated rings. The van der Waals surface area contributed by atoms with Crippen LogP contribution in [0.15, 0.2) is 48.4 Å². The fourth-order valence-electron chi connectivity index (χ4n) is 2.56. The Hall–Kier alpha value is -2.15. The minimum atomic E-state index is 0.478. The maximum atomic E-state index is 6.28. The standard InChI is InChI=1S/C17H13Cl2N5S/c18-13-4-1-5-14(19)12(13)8-24-10-23-16(15-17(24)22-9-21-15)20-7-11-3-2-6-25-11/h1-6,9-10,20H,7-8H2. The Morgan fingerprint density at radius 3 is 2.64 bits per heavy atom. The van der Waals surface area contributed by atoms with E-state index in [1.807, 2.05) is 28.8 Å². The number of fused-ring (bicyclic) bond motifs is 1. The van der Waals surface area contributed by atoms with Crippen LogP contribution < -0.4 is 5.32 Å². The molecular formula is C17H13Cl2N5S. The maximum absolute atomic E-state index is 6.28. The van der Waals surface area contributed by atoms with E-state index in [4.69, 9.17) is 23.2 Å². The van der Waals surface area contributed by atoms with E-state index in [2.05, 4.69) is 31.7 Å². The third-order valence-corrected chi connectivity index (χ3v) is 5.39. The van der Waals surface area contributed by atoms with Gasteiger partial charge in [-0.15, -0.1) is 11.3 Å². The summed E-state index contributed by atoms with van der Waals surface area (Å²) < 4.78 is 1.89. The Kier molecular flexibility index (Phi) is 4.57. The molecule has 0 atom stereocenters. The summed E-state index contributed by atoms with van der Waals surface area (Å²) in [6.07, 6.45) is 3.26. The molecule has 0 amide bonds. The molecule has 2 aromatic rings. The van der Waals surface area contributed by atoms with Crippen molar-refractivity contribution in [1.82, 2.24) is 19.5 Å². The molecule has 3 heterocycles. The second-order valence-corrected chi connectivity index (χ2v) is 7.25. The van der Waals surface area contributed by atoms with E-state index < -0.39 is 0 Å². The van der Waals surface area contributed by atoms with Gasteiger partial charge >= 0.3 is 0 Å². The zero-order valence-corrected chi connectivity index (χ0v) is 15.3. The molecule has 0 radical (unpaired) electrons. The number of nitrogens with zero attached hydrogens (tertiary/aromatic N) is 4. The second kappa shape index (κ2) is 7.00. The van der Waals surface area contributed by atoms with Crippen LogP contribution in [0, 0.1) is 0 Å². The lowest BCUT2D eigenvalue weighted by Crippen LogP contribution is -2.11. The van der Waals surface area contributed by atoms with Crippen LogP contribution in [0.4, 0.5) is 5.82 Å². The van der Waals surface area contributed by atoms with Crippen LogP contribution in [0.5, 0.6) is 0 Å². The van der Waals surface area contributed by atoms with Crippen LogP contribution in [0.2, 0.25) is 10.0 Å². The smallest absolute Gasteiger partial charge is 0.165 e. The van der Waals surface area contributed by atoms with Crippen molar-refractivity contribution in [2.45, 2.75) is 13.1 Å². The van der Waals surface area contributed by atoms with Crippen molar-refractivity contribution < 1.29 is 0 Å². The molecule has 1 aromatic heterocycles. The monoisotopic (exact) mass is 389 g/mol. The first-order valence-corrected chi connectivity index (χ1v) is 9.21. The molecule has 2 aliphatic rings. The molecule has 0 saturated heterocycles. The number of imidazole rings is 1. The summed E-state index contributed by atoms with van der Waals surface area (Å²) in [5.41, 5.74) is 1.56. The van der Waals surface area contributed by atoms with Gasteiger partial charge in [0.25, 0.3) is 0 Å². The number of nitrogens with one attached hydrogen (secondary N) is 1. The van der Waals surface area contributed by atoms with Gasteiger partial charge in [0.15, 0.2) is 17.3 Å². The Balaban J connectivity index is 1.63. The van der Waals surface area contributed by atoms with Gasteiger partial charge in [0.05, 0.1) is 19.4 Å². The molecule has 1 aromatic carbocycles. The Bertz CT molecular complexity index is 947. The highest BCUT2D eigenvalue weighted by Gasteiger charge is 2.18. The first-order valence-electron chi connectivity index (χ1n) is 7.57. The zero-order valence-electron chi connectivity index (χ0n) is 13.0. The molecule has 0 aliphatic carbocycles. The van der Waals surface area contributed by atoms with E-state index in [9.17, 15) is 0 Å². The first-order chi connectivity index (χ1) is 12.2. The molecule has 4 rings (SSSR count). The number of rotatable bonds is 5. The molecule has 0 bridgehead atoms. The van der Waals surface area contributed by atoms with Crippen molar-refractivity contribution in [3.8, 4) is 11.5 Å².